The van der Waals surface area contributed by atoms with Gasteiger partial charge in [-0.2, -0.15) is 23.5 Å². The van der Waals surface area contributed by atoms with Crippen LogP contribution in [-0.2, 0) is 6.18 Å². The first-order chi connectivity index (χ1) is 13.7. The monoisotopic (exact) mass is 398 g/mol. The van der Waals surface area contributed by atoms with Gasteiger partial charge in [-0.15, -0.1) is 0 Å². The van der Waals surface area contributed by atoms with Crippen molar-refractivity contribution in [3.8, 4) is 11.8 Å². The van der Waals surface area contributed by atoms with E-state index in [9.17, 15) is 18.0 Å². The molecule has 29 heavy (non-hydrogen) atoms. The number of hydrogen-bond donors (Lipinski definition) is 1. The van der Waals surface area contributed by atoms with Crippen molar-refractivity contribution in [2.45, 2.75) is 26.1 Å². The summed E-state index contributed by atoms with van der Waals surface area (Å²) < 4.78 is 40.3. The zero-order chi connectivity index (χ0) is 21.2. The van der Waals surface area contributed by atoms with Gasteiger partial charge in [-0.05, 0) is 50.2 Å². The van der Waals surface area contributed by atoms with E-state index in [2.05, 4.69) is 10.4 Å². The molecule has 8 heteroatoms. The maximum Gasteiger partial charge on any atom is 0.416 e. The number of benzene rings is 2. The lowest BCUT2D eigenvalue weighted by Crippen LogP contribution is -2.27. The Balaban J connectivity index is 1.83. The Kier molecular flexibility index (Phi) is 5.41. The van der Waals surface area contributed by atoms with Gasteiger partial charge in [0, 0.05) is 16.8 Å². The molecular weight excluding hydrogens is 381 g/mol. The zero-order valence-corrected chi connectivity index (χ0v) is 15.7. The molecule has 0 spiro atoms. The summed E-state index contributed by atoms with van der Waals surface area (Å²) in [5.74, 6) is -0.360. The number of nitrogens with zero attached hydrogens (tertiary/aromatic N) is 3. The van der Waals surface area contributed by atoms with Crippen LogP contribution in [0.25, 0.3) is 5.69 Å². The molecule has 1 N–H and O–H groups in total. The van der Waals surface area contributed by atoms with Crippen molar-refractivity contribution < 1.29 is 18.0 Å². The van der Waals surface area contributed by atoms with Crippen molar-refractivity contribution in [3.63, 3.8) is 0 Å². The van der Waals surface area contributed by atoms with Crippen LogP contribution < -0.4 is 5.32 Å². The Morgan fingerprint density at radius 3 is 2.62 bits per heavy atom. The number of carbonyl (C=O) groups is 1. The van der Waals surface area contributed by atoms with Crippen LogP contribution in [0.4, 0.5) is 13.2 Å². The number of aromatic nitrogens is 2. The molecule has 0 aliphatic rings. The van der Waals surface area contributed by atoms with E-state index in [1.54, 1.807) is 32.0 Å². The second-order valence-electron chi connectivity index (χ2n) is 6.53. The second kappa shape index (κ2) is 7.80. The highest BCUT2D eigenvalue weighted by atomic mass is 19.4. The SMILES string of the molecule is Cc1c(C(C)NC(=O)c2cccc(C#N)c2)cnn1-c1cccc(C(F)(F)F)c1. The first kappa shape index (κ1) is 20.1. The average molecular weight is 398 g/mol. The molecule has 148 valence electrons. The van der Waals surface area contributed by atoms with Gasteiger partial charge >= 0.3 is 6.18 Å². The van der Waals surface area contributed by atoms with E-state index in [1.807, 2.05) is 6.07 Å². The molecule has 1 amide bonds. The van der Waals surface area contributed by atoms with Gasteiger partial charge in [-0.1, -0.05) is 12.1 Å². The minimum absolute atomic E-state index is 0.281. The molecule has 1 atom stereocenters. The quantitative estimate of drug-likeness (QED) is 0.700. The molecule has 1 unspecified atom stereocenters. The van der Waals surface area contributed by atoms with E-state index in [0.717, 1.165) is 12.1 Å². The van der Waals surface area contributed by atoms with Crippen molar-refractivity contribution in [1.82, 2.24) is 15.1 Å². The smallest absolute Gasteiger partial charge is 0.345 e. The maximum absolute atomic E-state index is 13.0. The molecule has 3 rings (SSSR count). The van der Waals surface area contributed by atoms with Gasteiger partial charge in [0.1, 0.15) is 0 Å². The lowest BCUT2D eigenvalue weighted by molar-refractivity contribution is -0.137. The van der Waals surface area contributed by atoms with Crippen LogP contribution in [0.3, 0.4) is 0 Å². The van der Waals surface area contributed by atoms with E-state index in [0.29, 0.717) is 22.4 Å². The molecule has 3 aromatic rings. The Morgan fingerprint density at radius 2 is 1.93 bits per heavy atom. The molecule has 0 fully saturated rings. The Hall–Kier alpha value is -3.60. The van der Waals surface area contributed by atoms with E-state index < -0.39 is 17.8 Å². The number of rotatable bonds is 4. The van der Waals surface area contributed by atoms with Crippen LogP contribution in [0, 0.1) is 18.3 Å². The molecule has 0 bridgehead atoms. The molecule has 0 aliphatic carbocycles. The number of hydrogen-bond acceptors (Lipinski definition) is 3. The fourth-order valence-corrected chi connectivity index (χ4v) is 3.01. The van der Waals surface area contributed by atoms with Crippen LogP contribution in [-0.4, -0.2) is 15.7 Å². The predicted octanol–water partition coefficient (Wildman–Crippen LogP) is 4.56. The molecular formula is C21H17F3N4O. The lowest BCUT2D eigenvalue weighted by atomic mass is 10.1. The van der Waals surface area contributed by atoms with Gasteiger partial charge in [0.25, 0.3) is 5.91 Å². The first-order valence-corrected chi connectivity index (χ1v) is 8.74. The molecule has 1 aromatic heterocycles. The summed E-state index contributed by atoms with van der Waals surface area (Å²) in [7, 11) is 0. The number of alkyl halides is 3. The zero-order valence-electron chi connectivity index (χ0n) is 15.7. The summed E-state index contributed by atoms with van der Waals surface area (Å²) in [5, 5.41) is 16.0. The highest BCUT2D eigenvalue weighted by Gasteiger charge is 2.30. The van der Waals surface area contributed by atoms with Gasteiger partial charge < -0.3 is 5.32 Å². The van der Waals surface area contributed by atoms with Crippen LogP contribution >= 0.6 is 0 Å². The van der Waals surface area contributed by atoms with Crippen molar-refractivity contribution in [2.24, 2.45) is 0 Å². The molecule has 0 radical (unpaired) electrons. The van der Waals surface area contributed by atoms with Gasteiger partial charge in [-0.3, -0.25) is 4.79 Å². The fraction of sp³-hybridized carbons (Fsp3) is 0.190. The van der Waals surface area contributed by atoms with Crippen molar-refractivity contribution in [3.05, 3.63) is 82.7 Å². The van der Waals surface area contributed by atoms with Crippen LogP contribution in [0.5, 0.6) is 0 Å². The molecule has 1 heterocycles. The van der Waals surface area contributed by atoms with Gasteiger partial charge in [-0.25, -0.2) is 4.68 Å². The lowest BCUT2D eigenvalue weighted by Gasteiger charge is -2.15. The van der Waals surface area contributed by atoms with Gasteiger partial charge in [0.05, 0.1) is 35.1 Å². The Bertz CT molecular complexity index is 1100. The largest absolute Gasteiger partial charge is 0.416 e. The van der Waals surface area contributed by atoms with Crippen LogP contribution in [0.15, 0.2) is 54.7 Å². The average Bonchev–Trinajstić information content (AvgIpc) is 3.09. The third-order valence-corrected chi connectivity index (χ3v) is 4.53. The van der Waals surface area contributed by atoms with Gasteiger partial charge in [0.2, 0.25) is 0 Å². The van der Waals surface area contributed by atoms with Crippen molar-refractivity contribution in [1.29, 1.82) is 5.26 Å². The molecule has 5 nitrogen and oxygen atoms in total. The van der Waals surface area contributed by atoms with Crippen LogP contribution in [0.1, 0.15) is 45.7 Å². The number of halogens is 3. The molecule has 0 saturated carbocycles. The van der Waals surface area contributed by atoms with Gasteiger partial charge in [0.15, 0.2) is 0 Å². The number of carbonyl (C=O) groups excluding carboxylic acids is 1. The molecule has 0 aliphatic heterocycles. The van der Waals surface area contributed by atoms with E-state index in [4.69, 9.17) is 5.26 Å². The van der Waals surface area contributed by atoms with Crippen molar-refractivity contribution >= 4 is 5.91 Å². The second-order valence-corrected chi connectivity index (χ2v) is 6.53. The highest BCUT2D eigenvalue weighted by molar-refractivity contribution is 5.94. The summed E-state index contributed by atoms with van der Waals surface area (Å²) in [6, 6.07) is 12.7. The first-order valence-electron chi connectivity index (χ1n) is 8.74. The summed E-state index contributed by atoms with van der Waals surface area (Å²) in [5.41, 5.74) is 1.53. The summed E-state index contributed by atoms with van der Waals surface area (Å²) in [4.78, 5) is 12.5. The Labute approximate surface area is 165 Å². The minimum atomic E-state index is -4.45. The predicted molar refractivity (Wildman–Crippen MR) is 100 cm³/mol. The summed E-state index contributed by atoms with van der Waals surface area (Å²) >= 11 is 0. The third kappa shape index (κ3) is 4.29. The summed E-state index contributed by atoms with van der Waals surface area (Å²) in [6.07, 6.45) is -2.93. The molecule has 0 saturated heterocycles. The highest BCUT2D eigenvalue weighted by Crippen LogP contribution is 2.31. The van der Waals surface area contributed by atoms with Crippen LogP contribution in [0.2, 0.25) is 0 Å². The van der Waals surface area contributed by atoms with E-state index in [1.165, 1.54) is 29.1 Å². The standard InChI is InChI=1S/C21H17F3N4O/c1-13(27-20(29)16-6-3-5-15(9-16)11-25)19-12-26-28(14(19)2)18-8-4-7-17(10-18)21(22,23)24/h3-10,12-13H,1-2H3,(H,27,29). The van der Waals surface area contributed by atoms with E-state index >= 15 is 0 Å². The van der Waals surface area contributed by atoms with Crippen molar-refractivity contribution in [2.75, 3.05) is 0 Å². The minimum Gasteiger partial charge on any atom is -0.345 e. The number of nitrogens with one attached hydrogen (secondary N) is 1. The number of amides is 1. The Morgan fingerprint density at radius 1 is 1.21 bits per heavy atom. The normalized spacial score (nSPS) is 12.3. The maximum atomic E-state index is 13.0. The van der Waals surface area contributed by atoms with E-state index in [-0.39, 0.29) is 11.6 Å². The topological polar surface area (TPSA) is 70.7 Å². The fourth-order valence-electron chi connectivity index (χ4n) is 3.01. The third-order valence-electron chi connectivity index (χ3n) is 4.53. The molecule has 2 aromatic carbocycles. The summed E-state index contributed by atoms with van der Waals surface area (Å²) in [6.45, 7) is 3.48. The number of nitriles is 1.